The minimum Gasteiger partial charge on any atom is -0.363 e. The maximum atomic E-state index is 11.2. The van der Waals surface area contributed by atoms with Crippen LogP contribution in [0.3, 0.4) is 0 Å². The van der Waals surface area contributed by atoms with Crippen LogP contribution in [0.25, 0.3) is 0 Å². The molecule has 6 heteroatoms. The first kappa shape index (κ1) is 15.5. The molecule has 0 atom stereocenters. The Balaban J connectivity index is 1.72. The van der Waals surface area contributed by atoms with E-state index in [2.05, 4.69) is 46.2 Å². The summed E-state index contributed by atoms with van der Waals surface area (Å²) >= 11 is 0. The zero-order valence-corrected chi connectivity index (χ0v) is 14.4. The Bertz CT molecular complexity index is 880. The lowest BCUT2D eigenvalue weighted by Gasteiger charge is -2.26. The number of anilines is 3. The van der Waals surface area contributed by atoms with Crippen molar-refractivity contribution in [1.82, 2.24) is 0 Å². The average Bonchev–Trinajstić information content (AvgIpc) is 2.92. The fourth-order valence-electron chi connectivity index (χ4n) is 3.65. The number of para-hydroxylation sites is 3. The molecule has 0 aliphatic carbocycles. The van der Waals surface area contributed by atoms with Crippen molar-refractivity contribution in [1.29, 1.82) is 0 Å². The van der Waals surface area contributed by atoms with E-state index in [1.807, 2.05) is 6.07 Å². The van der Waals surface area contributed by atoms with Crippen LogP contribution in [0.15, 0.2) is 42.5 Å². The minimum atomic E-state index is -3.42. The highest BCUT2D eigenvalue weighted by Crippen LogP contribution is 2.45. The van der Waals surface area contributed by atoms with Crippen molar-refractivity contribution >= 4 is 27.2 Å². The van der Waals surface area contributed by atoms with Gasteiger partial charge in [0.15, 0.2) is 0 Å². The van der Waals surface area contributed by atoms with Crippen LogP contribution in [0.4, 0.5) is 17.1 Å². The highest BCUT2D eigenvalue weighted by atomic mass is 32.2. The molecule has 0 spiro atoms. The summed E-state index contributed by atoms with van der Waals surface area (Å²) in [5, 5.41) is 0. The number of nitrogens with zero attached hydrogens (tertiary/aromatic N) is 2. The van der Waals surface area contributed by atoms with E-state index in [4.69, 9.17) is 4.18 Å². The first-order valence-corrected chi connectivity index (χ1v) is 9.91. The van der Waals surface area contributed by atoms with Gasteiger partial charge in [0.05, 0.1) is 24.2 Å². The molecule has 0 unspecified atom stereocenters. The van der Waals surface area contributed by atoms with E-state index in [9.17, 15) is 8.42 Å². The molecule has 0 bridgehead atoms. The quantitative estimate of drug-likeness (QED) is 0.798. The Hall–Kier alpha value is -2.05. The molecular weight excluding hydrogens is 324 g/mol. The molecule has 0 saturated carbocycles. The summed E-state index contributed by atoms with van der Waals surface area (Å²) in [6, 6.07) is 14.8. The van der Waals surface area contributed by atoms with Gasteiger partial charge in [-0.1, -0.05) is 30.3 Å². The largest absolute Gasteiger partial charge is 0.363 e. The first-order valence-electron chi connectivity index (χ1n) is 8.09. The minimum absolute atomic E-state index is 0.155. The SMILES string of the molecule is CS(=O)(=O)OCCN1Cc2cccc3c2N(CC3)c2ccccc21. The number of benzene rings is 2. The monoisotopic (exact) mass is 344 g/mol. The van der Waals surface area contributed by atoms with Crippen LogP contribution in [0, 0.1) is 0 Å². The van der Waals surface area contributed by atoms with Crippen molar-refractivity contribution in [3.8, 4) is 0 Å². The number of hydrogen-bond acceptors (Lipinski definition) is 5. The molecule has 0 N–H and O–H groups in total. The van der Waals surface area contributed by atoms with Crippen LogP contribution in [-0.2, 0) is 27.3 Å². The molecule has 2 aromatic carbocycles. The molecular formula is C18H20N2O3S. The van der Waals surface area contributed by atoms with Crippen LogP contribution in [0.1, 0.15) is 11.1 Å². The Morgan fingerprint density at radius 2 is 1.79 bits per heavy atom. The van der Waals surface area contributed by atoms with Crippen LogP contribution in [-0.4, -0.2) is 34.4 Å². The lowest BCUT2D eigenvalue weighted by molar-refractivity contribution is 0.327. The molecule has 24 heavy (non-hydrogen) atoms. The summed E-state index contributed by atoms with van der Waals surface area (Å²) in [7, 11) is -3.42. The van der Waals surface area contributed by atoms with E-state index in [1.54, 1.807) is 0 Å². The smallest absolute Gasteiger partial charge is 0.264 e. The van der Waals surface area contributed by atoms with Crippen LogP contribution < -0.4 is 9.80 Å². The fourth-order valence-corrected chi connectivity index (χ4v) is 4.03. The van der Waals surface area contributed by atoms with Gasteiger partial charge in [-0.05, 0) is 29.7 Å². The molecule has 0 amide bonds. The summed E-state index contributed by atoms with van der Waals surface area (Å²) in [6.45, 7) is 2.42. The normalized spacial score (nSPS) is 15.9. The molecule has 0 fully saturated rings. The Morgan fingerprint density at radius 1 is 1.04 bits per heavy atom. The average molecular weight is 344 g/mol. The van der Waals surface area contributed by atoms with E-state index >= 15 is 0 Å². The van der Waals surface area contributed by atoms with Crippen molar-refractivity contribution in [2.45, 2.75) is 13.0 Å². The van der Waals surface area contributed by atoms with Crippen molar-refractivity contribution < 1.29 is 12.6 Å². The molecule has 2 aliphatic heterocycles. The zero-order valence-electron chi connectivity index (χ0n) is 13.6. The maximum absolute atomic E-state index is 11.2. The lowest BCUT2D eigenvalue weighted by atomic mass is 10.1. The topological polar surface area (TPSA) is 49.9 Å². The molecule has 2 heterocycles. The van der Waals surface area contributed by atoms with E-state index in [-0.39, 0.29) is 6.61 Å². The summed E-state index contributed by atoms with van der Waals surface area (Å²) in [4.78, 5) is 4.59. The first-order chi connectivity index (χ1) is 11.5. The van der Waals surface area contributed by atoms with E-state index < -0.39 is 10.1 Å². The van der Waals surface area contributed by atoms with Crippen molar-refractivity contribution in [2.75, 3.05) is 35.8 Å². The third-order valence-corrected chi connectivity index (χ3v) is 5.21. The molecule has 0 radical (unpaired) electrons. The van der Waals surface area contributed by atoms with Gasteiger partial charge in [-0.2, -0.15) is 8.42 Å². The molecule has 126 valence electrons. The van der Waals surface area contributed by atoms with Crippen LogP contribution >= 0.6 is 0 Å². The van der Waals surface area contributed by atoms with Gasteiger partial charge in [-0.15, -0.1) is 0 Å². The number of rotatable bonds is 4. The van der Waals surface area contributed by atoms with E-state index in [0.29, 0.717) is 6.54 Å². The molecule has 5 nitrogen and oxygen atoms in total. The van der Waals surface area contributed by atoms with Gasteiger partial charge in [-0.3, -0.25) is 4.18 Å². The van der Waals surface area contributed by atoms with Gasteiger partial charge in [0.2, 0.25) is 0 Å². The van der Waals surface area contributed by atoms with Crippen molar-refractivity contribution in [3.05, 3.63) is 53.6 Å². The highest BCUT2D eigenvalue weighted by molar-refractivity contribution is 7.85. The highest BCUT2D eigenvalue weighted by Gasteiger charge is 2.29. The summed E-state index contributed by atoms with van der Waals surface area (Å²) < 4.78 is 27.4. The van der Waals surface area contributed by atoms with Crippen molar-refractivity contribution in [3.63, 3.8) is 0 Å². The predicted molar refractivity (Wildman–Crippen MR) is 95.4 cm³/mol. The standard InChI is InChI=1S/C18H20N2O3S/c1-24(21,22)23-12-11-19-13-15-6-4-5-14-9-10-20(18(14)15)17-8-3-2-7-16(17)19/h2-8H,9-13H2,1H3. The molecule has 2 aromatic rings. The fraction of sp³-hybridized carbons (Fsp3) is 0.333. The predicted octanol–water partition coefficient (Wildman–Crippen LogP) is 2.68. The second kappa shape index (κ2) is 5.79. The van der Waals surface area contributed by atoms with Crippen molar-refractivity contribution in [2.24, 2.45) is 0 Å². The lowest BCUT2D eigenvalue weighted by Crippen LogP contribution is -2.27. The maximum Gasteiger partial charge on any atom is 0.264 e. The van der Waals surface area contributed by atoms with Gasteiger partial charge < -0.3 is 9.80 Å². The van der Waals surface area contributed by atoms with Gasteiger partial charge in [0.25, 0.3) is 10.1 Å². The molecule has 4 rings (SSSR count). The van der Waals surface area contributed by atoms with Gasteiger partial charge in [-0.25, -0.2) is 0 Å². The van der Waals surface area contributed by atoms with Crippen LogP contribution in [0.5, 0.6) is 0 Å². The second-order valence-electron chi connectivity index (χ2n) is 6.26. The summed E-state index contributed by atoms with van der Waals surface area (Å²) in [6.07, 6.45) is 2.15. The second-order valence-corrected chi connectivity index (χ2v) is 7.91. The van der Waals surface area contributed by atoms with Crippen LogP contribution in [0.2, 0.25) is 0 Å². The third kappa shape index (κ3) is 2.76. The molecule has 0 aromatic heterocycles. The zero-order chi connectivity index (χ0) is 16.7. The summed E-state index contributed by atoms with van der Waals surface area (Å²) in [5.74, 6) is 0. The summed E-state index contributed by atoms with van der Waals surface area (Å²) in [5.41, 5.74) is 6.28. The van der Waals surface area contributed by atoms with Gasteiger partial charge >= 0.3 is 0 Å². The Labute approximate surface area is 142 Å². The Kier molecular flexibility index (Phi) is 3.73. The number of hydrogen-bond donors (Lipinski definition) is 0. The third-order valence-electron chi connectivity index (χ3n) is 4.61. The Morgan fingerprint density at radius 3 is 2.58 bits per heavy atom. The van der Waals surface area contributed by atoms with Gasteiger partial charge in [0, 0.05) is 25.3 Å². The van der Waals surface area contributed by atoms with Gasteiger partial charge in [0.1, 0.15) is 0 Å². The number of fused-ring (bicyclic) bond motifs is 2. The van der Waals surface area contributed by atoms with E-state index in [1.165, 1.54) is 22.5 Å². The molecule has 0 saturated heterocycles. The molecule has 2 aliphatic rings. The van der Waals surface area contributed by atoms with E-state index in [0.717, 1.165) is 31.5 Å².